The van der Waals surface area contributed by atoms with Crippen LogP contribution in [0.1, 0.15) is 12.8 Å². The van der Waals surface area contributed by atoms with Gasteiger partial charge in [0.15, 0.2) is 9.84 Å². The van der Waals surface area contributed by atoms with Crippen LogP contribution in [0.2, 0.25) is 5.02 Å². The first-order valence-electron chi connectivity index (χ1n) is 7.89. The number of hydrogen-bond acceptors (Lipinski definition) is 6. The van der Waals surface area contributed by atoms with Crippen LogP contribution in [0.3, 0.4) is 0 Å². The first-order valence-corrected chi connectivity index (χ1v) is 12.8. The minimum Gasteiger partial charge on any atom is -0.341 e. The molecule has 1 heterocycles. The van der Waals surface area contributed by atoms with Crippen molar-refractivity contribution in [1.29, 1.82) is 0 Å². The quantitative estimate of drug-likeness (QED) is 0.690. The second kappa shape index (κ2) is 6.97. The Balaban J connectivity index is 1.98. The van der Waals surface area contributed by atoms with E-state index in [0.717, 1.165) is 29.5 Å². The van der Waals surface area contributed by atoms with Crippen molar-refractivity contribution in [3.8, 4) is 0 Å². The number of thioether (sulfide) groups is 1. The molecule has 0 bridgehead atoms. The van der Waals surface area contributed by atoms with Crippen LogP contribution in [-0.2, 0) is 24.7 Å². The molecule has 2 aliphatic rings. The number of likely N-dealkylation sites (N-methyl/N-ethyl adjacent to an activating group) is 1. The van der Waals surface area contributed by atoms with E-state index < -0.39 is 25.9 Å². The number of sulfone groups is 1. The van der Waals surface area contributed by atoms with Crippen molar-refractivity contribution >= 4 is 49.1 Å². The van der Waals surface area contributed by atoms with Gasteiger partial charge in [0.2, 0.25) is 15.9 Å². The van der Waals surface area contributed by atoms with E-state index in [1.54, 1.807) is 11.9 Å². The van der Waals surface area contributed by atoms with Crippen molar-refractivity contribution in [3.05, 3.63) is 23.2 Å². The molecule has 1 unspecified atom stereocenters. The Morgan fingerprint density at radius 2 is 1.92 bits per heavy atom. The van der Waals surface area contributed by atoms with Gasteiger partial charge in [0.05, 0.1) is 15.8 Å². The molecule has 1 aliphatic carbocycles. The van der Waals surface area contributed by atoms with Crippen LogP contribution in [0, 0.1) is 0 Å². The third-order valence-corrected chi connectivity index (χ3v) is 9.11. The van der Waals surface area contributed by atoms with E-state index in [-0.39, 0.29) is 32.6 Å². The summed E-state index contributed by atoms with van der Waals surface area (Å²) in [6.45, 7) is 0. The van der Waals surface area contributed by atoms with Gasteiger partial charge in [-0.3, -0.25) is 4.79 Å². The van der Waals surface area contributed by atoms with E-state index in [1.165, 1.54) is 23.9 Å². The molecule has 26 heavy (non-hydrogen) atoms. The molecule has 1 aromatic rings. The van der Waals surface area contributed by atoms with E-state index in [9.17, 15) is 21.6 Å². The molecule has 0 aromatic heterocycles. The topological polar surface area (TPSA) is 91.8 Å². The number of hydrogen-bond donors (Lipinski definition) is 0. The number of benzene rings is 1. The molecule has 1 amide bonds. The minimum absolute atomic E-state index is 0.0731. The lowest BCUT2D eigenvalue weighted by molar-refractivity contribution is -0.133. The third kappa shape index (κ3) is 3.75. The van der Waals surface area contributed by atoms with E-state index in [2.05, 4.69) is 0 Å². The van der Waals surface area contributed by atoms with Gasteiger partial charge < -0.3 is 4.90 Å². The maximum absolute atomic E-state index is 13.1. The average Bonchev–Trinajstić information content (AvgIpc) is 3.28. The van der Waals surface area contributed by atoms with Gasteiger partial charge in [-0.15, -0.1) is 11.8 Å². The monoisotopic (exact) mass is 438 g/mol. The van der Waals surface area contributed by atoms with E-state index in [0.29, 0.717) is 5.75 Å². The summed E-state index contributed by atoms with van der Waals surface area (Å²) in [5.41, 5.74) is 0. The molecule has 0 spiro atoms. The zero-order valence-corrected chi connectivity index (χ0v) is 17.5. The van der Waals surface area contributed by atoms with E-state index in [1.807, 2.05) is 0 Å². The fourth-order valence-electron chi connectivity index (χ4n) is 2.77. The summed E-state index contributed by atoms with van der Waals surface area (Å²) >= 11 is 7.40. The van der Waals surface area contributed by atoms with Crippen molar-refractivity contribution in [2.45, 2.75) is 34.7 Å². The lowest BCUT2D eigenvalue weighted by atomic mass is 10.3. The Bertz CT molecular complexity index is 944. The molecule has 144 valence electrons. The van der Waals surface area contributed by atoms with Gasteiger partial charge in [-0.1, -0.05) is 11.6 Å². The van der Waals surface area contributed by atoms with Crippen LogP contribution >= 0.6 is 23.4 Å². The van der Waals surface area contributed by atoms with Gasteiger partial charge in [-0.25, -0.2) is 16.8 Å². The highest BCUT2D eigenvalue weighted by Crippen LogP contribution is 2.35. The van der Waals surface area contributed by atoms with Gasteiger partial charge in [0.25, 0.3) is 0 Å². The minimum atomic E-state index is -4.12. The third-order valence-electron chi connectivity index (χ3n) is 4.49. The molecule has 7 nitrogen and oxygen atoms in total. The van der Waals surface area contributed by atoms with Gasteiger partial charge >= 0.3 is 0 Å². The fraction of sp³-hybridized carbons (Fsp3) is 0.533. The number of carbonyl (C=O) groups excluding carboxylic acids is 1. The van der Waals surface area contributed by atoms with Crippen molar-refractivity contribution < 1.29 is 21.6 Å². The lowest BCUT2D eigenvalue weighted by Gasteiger charge is -2.27. The highest BCUT2D eigenvalue weighted by Gasteiger charge is 2.44. The first kappa shape index (κ1) is 19.9. The van der Waals surface area contributed by atoms with Crippen LogP contribution < -0.4 is 0 Å². The molecule has 2 fully saturated rings. The summed E-state index contributed by atoms with van der Waals surface area (Å²) in [5.74, 6) is 0.242. The second-order valence-corrected chi connectivity index (χ2v) is 11.7. The fourth-order valence-corrected chi connectivity index (χ4v) is 7.13. The Morgan fingerprint density at radius 3 is 2.50 bits per heavy atom. The predicted octanol–water partition coefficient (Wildman–Crippen LogP) is 1.43. The number of sulfonamides is 1. The maximum atomic E-state index is 13.1. The van der Waals surface area contributed by atoms with Gasteiger partial charge in [0.1, 0.15) is 10.9 Å². The largest absolute Gasteiger partial charge is 0.341 e. The van der Waals surface area contributed by atoms with Crippen LogP contribution in [0.25, 0.3) is 0 Å². The summed E-state index contributed by atoms with van der Waals surface area (Å²) in [7, 11) is -6.03. The molecule has 1 saturated carbocycles. The molecule has 1 saturated heterocycles. The maximum Gasteiger partial charge on any atom is 0.246 e. The molecule has 0 radical (unpaired) electrons. The van der Waals surface area contributed by atoms with Gasteiger partial charge in [0, 0.05) is 25.1 Å². The highest BCUT2D eigenvalue weighted by molar-refractivity contribution is 8.00. The zero-order valence-electron chi connectivity index (χ0n) is 14.3. The summed E-state index contributed by atoms with van der Waals surface area (Å²) in [6, 6.07) is 2.94. The molecule has 1 aromatic carbocycles. The number of amides is 1. The smallest absolute Gasteiger partial charge is 0.246 e. The van der Waals surface area contributed by atoms with E-state index in [4.69, 9.17) is 11.6 Å². The predicted molar refractivity (Wildman–Crippen MR) is 100 cm³/mol. The molecular formula is C15H19ClN2O5S3. The number of halogens is 1. The van der Waals surface area contributed by atoms with Crippen molar-refractivity contribution in [1.82, 2.24) is 9.21 Å². The van der Waals surface area contributed by atoms with Crippen LogP contribution in [0.5, 0.6) is 0 Å². The summed E-state index contributed by atoms with van der Waals surface area (Å²) < 4.78 is 50.9. The summed E-state index contributed by atoms with van der Waals surface area (Å²) in [5, 5.41) is -0.0731. The zero-order chi connectivity index (χ0) is 19.3. The first-order chi connectivity index (χ1) is 12.0. The van der Waals surface area contributed by atoms with Crippen LogP contribution in [0.15, 0.2) is 28.0 Å². The molecule has 0 N–H and O–H groups in total. The Hall–Kier alpha value is -0.810. The van der Waals surface area contributed by atoms with Gasteiger partial charge in [-0.05, 0) is 31.0 Å². The number of nitrogens with zero attached hydrogens (tertiary/aromatic N) is 2. The number of carbonyl (C=O) groups is 1. The Labute approximate surface area is 162 Å². The van der Waals surface area contributed by atoms with Crippen LogP contribution in [0.4, 0.5) is 0 Å². The molecule has 11 heteroatoms. The Kier molecular flexibility index (Phi) is 5.35. The van der Waals surface area contributed by atoms with Crippen molar-refractivity contribution in [3.63, 3.8) is 0 Å². The van der Waals surface area contributed by atoms with Crippen molar-refractivity contribution in [2.24, 2.45) is 0 Å². The average molecular weight is 439 g/mol. The second-order valence-electron chi connectivity index (χ2n) is 6.45. The molecule has 1 aliphatic heterocycles. The molecule has 3 rings (SSSR count). The normalized spacial score (nSPS) is 21.7. The SMILES string of the molecule is CN(C(=O)C1CSCN1S(=O)(=O)c1cc(S(C)(=O)=O)ccc1Cl)C1CC1. The van der Waals surface area contributed by atoms with Crippen molar-refractivity contribution in [2.75, 3.05) is 24.9 Å². The Morgan fingerprint density at radius 1 is 1.27 bits per heavy atom. The van der Waals surface area contributed by atoms with Gasteiger partial charge in [-0.2, -0.15) is 4.31 Å². The molecular weight excluding hydrogens is 420 g/mol. The standard InChI is InChI=1S/C15H19ClN2O5S3/c1-17(10-3-4-10)15(19)13-8-24-9-18(13)26(22,23)14-7-11(25(2,20)21)5-6-12(14)16/h5-7,10,13H,3-4,8-9H2,1-2H3. The molecule has 1 atom stereocenters. The number of rotatable bonds is 5. The summed E-state index contributed by atoms with van der Waals surface area (Å²) in [4.78, 5) is 13.9. The highest BCUT2D eigenvalue weighted by atomic mass is 35.5. The van der Waals surface area contributed by atoms with E-state index >= 15 is 0 Å². The summed E-state index contributed by atoms with van der Waals surface area (Å²) in [6.07, 6.45) is 2.85. The lowest BCUT2D eigenvalue weighted by Crippen LogP contribution is -2.48. The van der Waals surface area contributed by atoms with Crippen LogP contribution in [-0.4, -0.2) is 69.0 Å².